The SMILES string of the molecule is CCCCCCSC1=C(SCCCCCC)SC(=Cc2sc(C=O)c(OC)c2OC)S1. The Balaban J connectivity index is 2.09. The van der Waals surface area contributed by atoms with E-state index in [1.807, 2.05) is 47.0 Å². The van der Waals surface area contributed by atoms with Crippen LogP contribution in [0.15, 0.2) is 12.7 Å². The molecule has 1 aromatic rings. The van der Waals surface area contributed by atoms with E-state index in [2.05, 4.69) is 19.9 Å². The Labute approximate surface area is 209 Å². The molecule has 0 aliphatic carbocycles. The molecular formula is C23H34O3S5. The zero-order valence-electron chi connectivity index (χ0n) is 19.0. The predicted octanol–water partition coefficient (Wildman–Crippen LogP) is 9.11. The molecule has 0 aromatic carbocycles. The lowest BCUT2D eigenvalue weighted by molar-refractivity contribution is 0.112. The summed E-state index contributed by atoms with van der Waals surface area (Å²) >= 11 is 9.16. The van der Waals surface area contributed by atoms with Crippen LogP contribution >= 0.6 is 58.4 Å². The third kappa shape index (κ3) is 8.61. The zero-order valence-corrected chi connectivity index (χ0v) is 23.1. The van der Waals surface area contributed by atoms with E-state index in [1.54, 1.807) is 14.2 Å². The van der Waals surface area contributed by atoms with E-state index in [-0.39, 0.29) is 0 Å². The van der Waals surface area contributed by atoms with Crippen LogP contribution in [0.4, 0.5) is 0 Å². The molecule has 0 radical (unpaired) electrons. The average Bonchev–Trinajstić information content (AvgIpc) is 3.33. The van der Waals surface area contributed by atoms with Gasteiger partial charge in [-0.25, -0.2) is 0 Å². The van der Waals surface area contributed by atoms with Crippen LogP contribution in [0.2, 0.25) is 0 Å². The van der Waals surface area contributed by atoms with Crippen LogP contribution in [0.1, 0.15) is 79.8 Å². The zero-order chi connectivity index (χ0) is 22.5. The highest BCUT2D eigenvalue weighted by Gasteiger charge is 2.24. The van der Waals surface area contributed by atoms with Gasteiger partial charge >= 0.3 is 0 Å². The van der Waals surface area contributed by atoms with Gasteiger partial charge in [-0.1, -0.05) is 75.9 Å². The first-order valence-corrected chi connectivity index (χ1v) is 15.4. The second kappa shape index (κ2) is 15.6. The highest BCUT2D eigenvalue weighted by molar-refractivity contribution is 8.40. The van der Waals surface area contributed by atoms with E-state index < -0.39 is 0 Å². The summed E-state index contributed by atoms with van der Waals surface area (Å²) in [5.74, 6) is 3.55. The predicted molar refractivity (Wildman–Crippen MR) is 146 cm³/mol. The maximum Gasteiger partial charge on any atom is 0.182 e. The van der Waals surface area contributed by atoms with Gasteiger partial charge in [0, 0.05) is 0 Å². The van der Waals surface area contributed by atoms with Crippen molar-refractivity contribution >= 4 is 70.7 Å². The third-order valence-corrected chi connectivity index (χ3v) is 11.2. The summed E-state index contributed by atoms with van der Waals surface area (Å²) in [5.41, 5.74) is 0. The molecule has 1 aliphatic rings. The van der Waals surface area contributed by atoms with Crippen molar-refractivity contribution in [2.45, 2.75) is 65.2 Å². The number of carbonyl (C=O) groups is 1. The minimum atomic E-state index is 0.534. The van der Waals surface area contributed by atoms with Crippen molar-refractivity contribution < 1.29 is 14.3 Å². The molecule has 0 fully saturated rings. The minimum absolute atomic E-state index is 0.534. The molecule has 3 nitrogen and oxygen atoms in total. The summed E-state index contributed by atoms with van der Waals surface area (Å²) in [6.45, 7) is 4.51. The fourth-order valence-corrected chi connectivity index (χ4v) is 10.0. The molecule has 0 atom stereocenters. The minimum Gasteiger partial charge on any atom is -0.491 e. The topological polar surface area (TPSA) is 35.5 Å². The van der Waals surface area contributed by atoms with Crippen LogP contribution in [0, 0.1) is 0 Å². The molecule has 0 saturated heterocycles. The van der Waals surface area contributed by atoms with Crippen molar-refractivity contribution in [2.75, 3.05) is 25.7 Å². The van der Waals surface area contributed by atoms with Crippen molar-refractivity contribution in [3.05, 3.63) is 22.5 Å². The maximum absolute atomic E-state index is 11.4. The number of ether oxygens (including phenoxy) is 2. The van der Waals surface area contributed by atoms with Gasteiger partial charge in [0.2, 0.25) is 0 Å². The lowest BCUT2D eigenvalue weighted by atomic mass is 10.2. The fourth-order valence-electron chi connectivity index (χ4n) is 3.01. The maximum atomic E-state index is 11.4. The van der Waals surface area contributed by atoms with Gasteiger partial charge < -0.3 is 9.47 Å². The summed E-state index contributed by atoms with van der Waals surface area (Å²) in [4.78, 5) is 12.9. The number of aldehydes is 1. The summed E-state index contributed by atoms with van der Waals surface area (Å²) in [6, 6.07) is 0. The number of methoxy groups -OCH3 is 2. The van der Waals surface area contributed by atoms with E-state index in [9.17, 15) is 4.79 Å². The molecule has 174 valence electrons. The van der Waals surface area contributed by atoms with E-state index in [1.165, 1.54) is 86.9 Å². The number of hydrogen-bond acceptors (Lipinski definition) is 8. The number of hydrogen-bond donors (Lipinski definition) is 0. The van der Waals surface area contributed by atoms with Gasteiger partial charge in [0.25, 0.3) is 0 Å². The molecule has 0 amide bonds. The number of rotatable bonds is 16. The summed E-state index contributed by atoms with van der Waals surface area (Å²) in [7, 11) is 3.21. The first-order chi connectivity index (χ1) is 15.2. The molecule has 0 N–H and O–H groups in total. The fraction of sp³-hybridized carbons (Fsp3) is 0.609. The van der Waals surface area contributed by atoms with Crippen LogP contribution in [0.25, 0.3) is 6.08 Å². The molecule has 8 heteroatoms. The third-order valence-electron chi connectivity index (χ3n) is 4.65. The Bertz CT molecular complexity index is 727. The van der Waals surface area contributed by atoms with Gasteiger partial charge in [-0.3, -0.25) is 4.79 Å². The summed E-state index contributed by atoms with van der Waals surface area (Å²) < 4.78 is 15.1. The molecule has 1 aliphatic heterocycles. The van der Waals surface area contributed by atoms with Crippen molar-refractivity contribution in [1.29, 1.82) is 0 Å². The molecular weight excluding hydrogens is 485 g/mol. The van der Waals surface area contributed by atoms with Crippen LogP contribution in [-0.2, 0) is 0 Å². The Kier molecular flexibility index (Phi) is 13.7. The van der Waals surface area contributed by atoms with E-state index in [0.717, 1.165) is 11.2 Å². The molecule has 31 heavy (non-hydrogen) atoms. The Morgan fingerprint density at radius 2 is 1.29 bits per heavy atom. The van der Waals surface area contributed by atoms with Gasteiger partial charge in [-0.15, -0.1) is 34.9 Å². The molecule has 0 spiro atoms. The van der Waals surface area contributed by atoms with Crippen molar-refractivity contribution in [2.24, 2.45) is 0 Å². The summed E-state index contributed by atoms with van der Waals surface area (Å²) in [5, 5.41) is 0. The molecule has 2 heterocycles. The molecule has 2 rings (SSSR count). The second-order valence-corrected chi connectivity index (χ2v) is 13.2. The van der Waals surface area contributed by atoms with E-state index in [4.69, 9.17) is 9.47 Å². The standard InChI is InChI=1S/C23H34O3S5/c1-5-7-9-11-13-27-22-23(28-14-12-10-8-6-2)31-19(30-22)15-17-20(25-3)21(26-4)18(16-24)29-17/h15-16H,5-14H2,1-4H3. The van der Waals surface area contributed by atoms with E-state index >= 15 is 0 Å². The van der Waals surface area contributed by atoms with Gasteiger partial charge in [0.1, 0.15) is 4.88 Å². The van der Waals surface area contributed by atoms with Crippen LogP contribution in [0.5, 0.6) is 11.5 Å². The summed E-state index contributed by atoms with van der Waals surface area (Å²) in [6.07, 6.45) is 13.4. The first kappa shape index (κ1) is 27.1. The molecule has 0 bridgehead atoms. The van der Waals surface area contributed by atoms with Crippen molar-refractivity contribution in [1.82, 2.24) is 0 Å². The van der Waals surface area contributed by atoms with Gasteiger partial charge in [0.05, 0.1) is 31.8 Å². The van der Waals surface area contributed by atoms with Gasteiger partial charge in [-0.05, 0) is 30.4 Å². The number of carbonyl (C=O) groups excluding carboxylic acids is 1. The highest BCUT2D eigenvalue weighted by atomic mass is 32.3. The van der Waals surface area contributed by atoms with E-state index in [0.29, 0.717) is 16.4 Å². The monoisotopic (exact) mass is 518 g/mol. The van der Waals surface area contributed by atoms with Crippen molar-refractivity contribution in [3.63, 3.8) is 0 Å². The molecule has 0 saturated carbocycles. The van der Waals surface area contributed by atoms with Crippen molar-refractivity contribution in [3.8, 4) is 11.5 Å². The second-order valence-electron chi connectivity index (χ2n) is 7.08. The number of thiophene rings is 1. The lowest BCUT2D eigenvalue weighted by Crippen LogP contribution is -1.89. The lowest BCUT2D eigenvalue weighted by Gasteiger charge is -2.05. The van der Waals surface area contributed by atoms with Crippen LogP contribution in [-0.4, -0.2) is 32.0 Å². The Hall–Kier alpha value is -0.150. The normalized spacial score (nSPS) is 13.7. The number of thioether (sulfide) groups is 4. The molecule has 1 aromatic heterocycles. The first-order valence-electron chi connectivity index (χ1n) is 11.0. The average molecular weight is 519 g/mol. The molecule has 0 unspecified atom stereocenters. The van der Waals surface area contributed by atoms with Gasteiger partial charge in [0.15, 0.2) is 17.8 Å². The highest BCUT2D eigenvalue weighted by Crippen LogP contribution is 2.58. The van der Waals surface area contributed by atoms with Gasteiger partial charge in [-0.2, -0.15) is 0 Å². The smallest absolute Gasteiger partial charge is 0.182 e. The Morgan fingerprint density at radius 3 is 1.74 bits per heavy atom. The largest absolute Gasteiger partial charge is 0.491 e. The van der Waals surface area contributed by atoms with Crippen LogP contribution < -0.4 is 9.47 Å². The Morgan fingerprint density at radius 1 is 0.774 bits per heavy atom. The quantitative estimate of drug-likeness (QED) is 0.159. The van der Waals surface area contributed by atoms with Crippen LogP contribution in [0.3, 0.4) is 0 Å². The number of unbranched alkanes of at least 4 members (excludes halogenated alkanes) is 6.